The first-order valence-electron chi connectivity index (χ1n) is 8.22. The predicted octanol–water partition coefficient (Wildman–Crippen LogP) is 1.99. The third kappa shape index (κ3) is 3.30. The number of benzene rings is 1. The number of hydrogen-bond acceptors (Lipinski definition) is 5. The zero-order valence-corrected chi connectivity index (χ0v) is 15.7. The van der Waals surface area contributed by atoms with Crippen molar-refractivity contribution in [2.45, 2.75) is 11.9 Å². The Balaban J connectivity index is 1.94. The molecule has 0 saturated carbocycles. The van der Waals surface area contributed by atoms with Crippen LogP contribution in [0.25, 0.3) is 28.0 Å². The molecule has 0 aliphatic carbocycles. The van der Waals surface area contributed by atoms with Crippen molar-refractivity contribution in [3.63, 3.8) is 0 Å². The number of aryl methyl sites for hydroxylation is 1. The number of rotatable bonds is 3. The van der Waals surface area contributed by atoms with Gasteiger partial charge in [-0.05, 0) is 31.2 Å². The summed E-state index contributed by atoms with van der Waals surface area (Å²) in [6.45, 7) is 1.63. The molecule has 0 radical (unpaired) electrons. The molecule has 1 aromatic carbocycles. The number of nitrogens with one attached hydrogen (secondary N) is 1. The van der Waals surface area contributed by atoms with Gasteiger partial charge in [0.25, 0.3) is 15.6 Å². The summed E-state index contributed by atoms with van der Waals surface area (Å²) >= 11 is 0. The number of nitrogens with zero attached hydrogens (tertiary/aromatic N) is 3. The summed E-state index contributed by atoms with van der Waals surface area (Å²) in [5, 5.41) is 7.52. The van der Waals surface area contributed by atoms with Gasteiger partial charge in [-0.3, -0.25) is 9.89 Å². The monoisotopic (exact) mass is 417 g/mol. The minimum atomic E-state index is -3.97. The number of nitrogens with two attached hydrogens (primary N) is 1. The van der Waals surface area contributed by atoms with Crippen LogP contribution in [-0.2, 0) is 10.0 Å². The maximum atomic E-state index is 14.4. The van der Waals surface area contributed by atoms with Gasteiger partial charge in [0.2, 0.25) is 0 Å². The van der Waals surface area contributed by atoms with Crippen molar-refractivity contribution in [3.8, 4) is 22.4 Å². The molecule has 0 aliphatic heterocycles. The Morgan fingerprint density at radius 2 is 1.90 bits per heavy atom. The van der Waals surface area contributed by atoms with Crippen LogP contribution in [0.4, 0.5) is 8.78 Å². The van der Waals surface area contributed by atoms with Gasteiger partial charge in [-0.15, -0.1) is 0 Å². The van der Waals surface area contributed by atoms with Gasteiger partial charge in [-0.2, -0.15) is 0 Å². The van der Waals surface area contributed by atoms with Gasteiger partial charge in [0, 0.05) is 40.7 Å². The fourth-order valence-corrected chi connectivity index (χ4v) is 3.47. The van der Waals surface area contributed by atoms with E-state index < -0.39 is 27.2 Å². The number of halogens is 2. The summed E-state index contributed by atoms with van der Waals surface area (Å²) in [7, 11) is -3.97. The zero-order chi connectivity index (χ0) is 20.9. The third-order valence-corrected chi connectivity index (χ3v) is 5.15. The van der Waals surface area contributed by atoms with E-state index in [1.807, 2.05) is 0 Å². The summed E-state index contributed by atoms with van der Waals surface area (Å²) < 4.78 is 51.5. The lowest BCUT2D eigenvalue weighted by Crippen LogP contribution is -2.15. The van der Waals surface area contributed by atoms with E-state index in [0.717, 1.165) is 16.6 Å². The maximum absolute atomic E-state index is 14.4. The van der Waals surface area contributed by atoms with Crippen LogP contribution >= 0.6 is 0 Å². The van der Waals surface area contributed by atoms with Crippen LogP contribution < -0.4 is 10.7 Å². The highest BCUT2D eigenvalue weighted by atomic mass is 32.2. The van der Waals surface area contributed by atoms with Gasteiger partial charge in [0.1, 0.15) is 11.6 Å². The van der Waals surface area contributed by atoms with Gasteiger partial charge in [0.05, 0.1) is 5.69 Å². The van der Waals surface area contributed by atoms with Crippen LogP contribution in [0, 0.1) is 18.6 Å². The Morgan fingerprint density at radius 3 is 2.52 bits per heavy atom. The molecule has 148 valence electrons. The molecule has 0 amide bonds. The number of hydrogen-bond donors (Lipinski definition) is 2. The Kier molecular flexibility index (Phi) is 4.28. The Bertz CT molecular complexity index is 1430. The number of H-pyrrole nitrogens is 1. The van der Waals surface area contributed by atoms with Crippen molar-refractivity contribution in [2.24, 2.45) is 5.14 Å². The normalized spacial score (nSPS) is 11.9. The Hall–Kier alpha value is -3.44. The number of aromatic nitrogens is 4. The summed E-state index contributed by atoms with van der Waals surface area (Å²) in [4.78, 5) is 20.7. The predicted molar refractivity (Wildman–Crippen MR) is 101 cm³/mol. The van der Waals surface area contributed by atoms with Crippen LogP contribution in [0.2, 0.25) is 0 Å². The highest BCUT2D eigenvalue weighted by Crippen LogP contribution is 2.30. The highest BCUT2D eigenvalue weighted by molar-refractivity contribution is 7.89. The standard InChI is InChI=1S/C18H13F2N5O3S/c1-9-17(12-4-3-11(19)6-13(12)20)18-23-14(7-16(26)25(18)24-9)10-2-5-15(22-8-10)29(21,27)28/h2-8,24H,1H3,(H2,21,27,28). The molecule has 4 rings (SSSR count). The molecule has 29 heavy (non-hydrogen) atoms. The lowest BCUT2D eigenvalue weighted by Gasteiger charge is -2.05. The molecule has 0 aliphatic rings. The van der Waals surface area contributed by atoms with Gasteiger partial charge in [-0.1, -0.05) is 0 Å². The van der Waals surface area contributed by atoms with Crippen LogP contribution in [0.1, 0.15) is 5.69 Å². The summed E-state index contributed by atoms with van der Waals surface area (Å²) in [6.07, 6.45) is 1.22. The molecular formula is C18H13F2N5O3S. The highest BCUT2D eigenvalue weighted by Gasteiger charge is 2.19. The molecule has 0 bridgehead atoms. The fraction of sp³-hybridized carbons (Fsp3) is 0.0556. The molecule has 3 N–H and O–H groups in total. The van der Waals surface area contributed by atoms with E-state index in [9.17, 15) is 22.0 Å². The van der Waals surface area contributed by atoms with Crippen LogP contribution in [0.5, 0.6) is 0 Å². The van der Waals surface area contributed by atoms with Gasteiger partial charge >= 0.3 is 0 Å². The van der Waals surface area contributed by atoms with Crippen molar-refractivity contribution in [3.05, 3.63) is 70.3 Å². The van der Waals surface area contributed by atoms with E-state index >= 15 is 0 Å². The summed E-state index contributed by atoms with van der Waals surface area (Å²) in [5.41, 5.74) is 1.06. The smallest absolute Gasteiger partial charge is 0.273 e. The largest absolute Gasteiger partial charge is 0.293 e. The second-order valence-electron chi connectivity index (χ2n) is 6.30. The van der Waals surface area contributed by atoms with Crippen molar-refractivity contribution in [1.82, 2.24) is 19.6 Å². The molecule has 11 heteroatoms. The molecule has 0 spiro atoms. The number of sulfonamides is 1. The van der Waals surface area contributed by atoms with E-state index in [2.05, 4.69) is 15.1 Å². The maximum Gasteiger partial charge on any atom is 0.273 e. The van der Waals surface area contributed by atoms with E-state index in [0.29, 0.717) is 16.8 Å². The topological polar surface area (TPSA) is 123 Å². The summed E-state index contributed by atoms with van der Waals surface area (Å²) in [6, 6.07) is 6.94. The van der Waals surface area contributed by atoms with Crippen molar-refractivity contribution >= 4 is 15.7 Å². The van der Waals surface area contributed by atoms with Crippen LogP contribution in [0.15, 0.2) is 52.4 Å². The van der Waals surface area contributed by atoms with E-state index in [-0.39, 0.29) is 21.9 Å². The fourth-order valence-electron chi connectivity index (χ4n) is 3.01. The molecule has 3 aromatic heterocycles. The van der Waals surface area contributed by atoms with Gasteiger partial charge in [0.15, 0.2) is 10.7 Å². The first-order chi connectivity index (χ1) is 13.6. The molecule has 0 unspecified atom stereocenters. The molecule has 0 fully saturated rings. The molecule has 8 nitrogen and oxygen atoms in total. The second-order valence-corrected chi connectivity index (χ2v) is 7.81. The molecule has 0 saturated heterocycles. The molecule has 4 aromatic rings. The first kappa shape index (κ1) is 18.9. The van der Waals surface area contributed by atoms with Crippen LogP contribution in [-0.4, -0.2) is 28.0 Å². The minimum Gasteiger partial charge on any atom is -0.293 e. The molecular weight excluding hydrogens is 404 g/mol. The molecule has 0 atom stereocenters. The average Bonchev–Trinajstić information content (AvgIpc) is 2.98. The lowest BCUT2D eigenvalue weighted by molar-refractivity contribution is 0.585. The van der Waals surface area contributed by atoms with E-state index in [4.69, 9.17) is 5.14 Å². The third-order valence-electron chi connectivity index (χ3n) is 4.32. The van der Waals surface area contributed by atoms with E-state index in [1.165, 1.54) is 30.5 Å². The number of fused-ring (bicyclic) bond motifs is 1. The lowest BCUT2D eigenvalue weighted by atomic mass is 10.1. The number of primary sulfonamides is 1. The first-order valence-corrected chi connectivity index (χ1v) is 9.77. The summed E-state index contributed by atoms with van der Waals surface area (Å²) in [5.74, 6) is -1.52. The van der Waals surface area contributed by atoms with E-state index in [1.54, 1.807) is 6.92 Å². The Morgan fingerprint density at radius 1 is 1.14 bits per heavy atom. The van der Waals surface area contributed by atoms with Gasteiger partial charge in [-0.25, -0.2) is 36.8 Å². The van der Waals surface area contributed by atoms with Gasteiger partial charge < -0.3 is 0 Å². The quantitative estimate of drug-likeness (QED) is 0.528. The van der Waals surface area contributed by atoms with Crippen molar-refractivity contribution in [1.29, 1.82) is 0 Å². The Labute approximate surface area is 162 Å². The second kappa shape index (κ2) is 6.57. The SMILES string of the molecule is Cc1[nH]n2c(=O)cc(-c3ccc(S(N)(=O)=O)nc3)nc2c1-c1ccc(F)cc1F. The molecule has 3 heterocycles. The number of aromatic amines is 1. The van der Waals surface area contributed by atoms with Crippen molar-refractivity contribution in [2.75, 3.05) is 0 Å². The van der Waals surface area contributed by atoms with Crippen molar-refractivity contribution < 1.29 is 17.2 Å². The minimum absolute atomic E-state index is 0.0781. The average molecular weight is 417 g/mol. The zero-order valence-electron chi connectivity index (χ0n) is 14.8. The van der Waals surface area contributed by atoms with Crippen LogP contribution in [0.3, 0.4) is 0 Å². The number of pyridine rings is 1.